The molecule has 0 saturated carbocycles. The Morgan fingerprint density at radius 2 is 1.86 bits per heavy atom. The molecule has 0 spiro atoms. The number of nitrogens with zero attached hydrogens (tertiary/aromatic N) is 2. The van der Waals surface area contributed by atoms with Gasteiger partial charge in [0.15, 0.2) is 0 Å². The Labute approximate surface area is 173 Å². The number of carbonyl (C=O) groups is 1. The maximum Gasteiger partial charge on any atom is 0.255 e. The lowest BCUT2D eigenvalue weighted by atomic mass is 10.2. The molecule has 29 heavy (non-hydrogen) atoms. The van der Waals surface area contributed by atoms with Crippen molar-refractivity contribution in [3.63, 3.8) is 0 Å². The molecule has 2 aromatic heterocycles. The first-order valence-electron chi connectivity index (χ1n) is 9.59. The summed E-state index contributed by atoms with van der Waals surface area (Å²) in [5.74, 6) is 0.631. The smallest absolute Gasteiger partial charge is 0.255 e. The summed E-state index contributed by atoms with van der Waals surface area (Å²) in [4.78, 5) is 22.4. The van der Waals surface area contributed by atoms with Gasteiger partial charge in [0.05, 0.1) is 6.61 Å². The molecule has 0 fully saturated rings. The van der Waals surface area contributed by atoms with Crippen LogP contribution in [0.25, 0.3) is 20.9 Å². The van der Waals surface area contributed by atoms with Gasteiger partial charge in [-0.3, -0.25) is 4.79 Å². The van der Waals surface area contributed by atoms with Crippen LogP contribution in [-0.4, -0.2) is 22.5 Å². The summed E-state index contributed by atoms with van der Waals surface area (Å²) in [5.41, 5.74) is 3.22. The monoisotopic (exact) mass is 403 g/mol. The Bertz CT molecular complexity index is 1070. The fourth-order valence-corrected chi connectivity index (χ4v) is 3.74. The Balaban J connectivity index is 1.41. The van der Waals surface area contributed by atoms with Gasteiger partial charge in [-0.2, -0.15) is 0 Å². The average Bonchev–Trinajstić information content (AvgIpc) is 3.19. The lowest BCUT2D eigenvalue weighted by Gasteiger charge is -2.08. The lowest BCUT2D eigenvalue weighted by molar-refractivity contribution is 0.102. The van der Waals surface area contributed by atoms with Crippen LogP contribution in [0.15, 0.2) is 66.9 Å². The molecule has 2 heterocycles. The highest BCUT2D eigenvalue weighted by Crippen LogP contribution is 2.29. The summed E-state index contributed by atoms with van der Waals surface area (Å²) < 4.78 is 5.64. The molecule has 0 aliphatic rings. The zero-order valence-electron chi connectivity index (χ0n) is 16.1. The normalized spacial score (nSPS) is 10.8. The molecule has 0 atom stereocenters. The topological polar surface area (TPSA) is 64.1 Å². The molecule has 146 valence electrons. The van der Waals surface area contributed by atoms with E-state index < -0.39 is 0 Å². The molecule has 0 saturated heterocycles. The number of pyridine rings is 1. The highest BCUT2D eigenvalue weighted by molar-refractivity contribution is 7.21. The van der Waals surface area contributed by atoms with Gasteiger partial charge in [0.1, 0.15) is 21.1 Å². The van der Waals surface area contributed by atoms with Crippen LogP contribution in [0.1, 0.15) is 30.1 Å². The van der Waals surface area contributed by atoms with Crippen LogP contribution in [0, 0.1) is 0 Å². The van der Waals surface area contributed by atoms with Crippen LogP contribution in [0.2, 0.25) is 0 Å². The second-order valence-electron chi connectivity index (χ2n) is 6.60. The Kier molecular flexibility index (Phi) is 5.81. The fourth-order valence-electron chi connectivity index (χ4n) is 2.83. The summed E-state index contributed by atoms with van der Waals surface area (Å²) >= 11 is 1.55. The number of fused-ring (bicyclic) bond motifs is 1. The molecule has 0 unspecified atom stereocenters. The third kappa shape index (κ3) is 4.60. The molecule has 4 aromatic rings. The van der Waals surface area contributed by atoms with Gasteiger partial charge < -0.3 is 10.1 Å². The van der Waals surface area contributed by atoms with E-state index in [-0.39, 0.29) is 5.91 Å². The molecule has 0 aliphatic carbocycles. The average molecular weight is 404 g/mol. The number of amides is 1. The summed E-state index contributed by atoms with van der Waals surface area (Å²) in [5, 5.41) is 3.84. The van der Waals surface area contributed by atoms with E-state index in [9.17, 15) is 4.79 Å². The summed E-state index contributed by atoms with van der Waals surface area (Å²) in [6.07, 6.45) is 3.88. The van der Waals surface area contributed by atoms with Crippen LogP contribution >= 0.6 is 11.3 Å². The molecule has 0 bridgehead atoms. The minimum atomic E-state index is -0.151. The second kappa shape index (κ2) is 8.84. The van der Waals surface area contributed by atoms with E-state index in [4.69, 9.17) is 4.74 Å². The van der Waals surface area contributed by atoms with Gasteiger partial charge in [0.25, 0.3) is 5.91 Å². The Hall–Kier alpha value is -3.25. The summed E-state index contributed by atoms with van der Waals surface area (Å²) in [6.45, 7) is 2.82. The van der Waals surface area contributed by atoms with Crippen molar-refractivity contribution in [2.75, 3.05) is 11.9 Å². The minimum Gasteiger partial charge on any atom is -0.494 e. The van der Waals surface area contributed by atoms with Crippen LogP contribution in [0.3, 0.4) is 0 Å². The zero-order chi connectivity index (χ0) is 20.1. The van der Waals surface area contributed by atoms with E-state index >= 15 is 0 Å². The maximum absolute atomic E-state index is 12.5. The highest BCUT2D eigenvalue weighted by Gasteiger charge is 2.09. The van der Waals surface area contributed by atoms with Crippen molar-refractivity contribution in [1.82, 2.24) is 9.97 Å². The third-order valence-electron chi connectivity index (χ3n) is 4.44. The minimum absolute atomic E-state index is 0.151. The molecule has 2 aromatic carbocycles. The predicted molar refractivity (Wildman–Crippen MR) is 118 cm³/mol. The van der Waals surface area contributed by atoms with E-state index in [1.165, 1.54) is 0 Å². The van der Waals surface area contributed by atoms with Crippen molar-refractivity contribution in [3.8, 4) is 16.3 Å². The van der Waals surface area contributed by atoms with Gasteiger partial charge in [-0.25, -0.2) is 9.97 Å². The van der Waals surface area contributed by atoms with Gasteiger partial charge in [0.2, 0.25) is 0 Å². The van der Waals surface area contributed by atoms with Crippen molar-refractivity contribution >= 4 is 33.3 Å². The van der Waals surface area contributed by atoms with E-state index in [1.807, 2.05) is 48.5 Å². The number of hydrogen-bond acceptors (Lipinski definition) is 5. The number of unbranched alkanes of at least 4 members (excludes halogenated alkanes) is 1. The van der Waals surface area contributed by atoms with Gasteiger partial charge in [-0.1, -0.05) is 24.7 Å². The number of thiazole rings is 1. The predicted octanol–water partition coefficient (Wildman–Crippen LogP) is 5.79. The fraction of sp³-hybridized carbons (Fsp3) is 0.174. The standard InChI is InChI=1S/C23H21N3O2S/c1-2-3-15-28-19-12-8-16(9-13-19)21(27)25-18-10-6-17(7-11-18)22-26-20-5-4-14-24-23(20)29-22/h4-14H,2-3,15H2,1H3,(H,25,27). The molecule has 4 rings (SSSR count). The van der Waals surface area contributed by atoms with Crippen molar-refractivity contribution in [3.05, 3.63) is 72.4 Å². The number of ether oxygens (including phenoxy) is 1. The number of benzene rings is 2. The lowest BCUT2D eigenvalue weighted by Crippen LogP contribution is -2.11. The van der Waals surface area contributed by atoms with Crippen molar-refractivity contribution in [2.45, 2.75) is 19.8 Å². The number of rotatable bonds is 7. The van der Waals surface area contributed by atoms with Gasteiger partial charge >= 0.3 is 0 Å². The highest BCUT2D eigenvalue weighted by atomic mass is 32.1. The van der Waals surface area contributed by atoms with Crippen molar-refractivity contribution in [2.24, 2.45) is 0 Å². The maximum atomic E-state index is 12.5. The quantitative estimate of drug-likeness (QED) is 0.397. The van der Waals surface area contributed by atoms with Crippen molar-refractivity contribution < 1.29 is 9.53 Å². The van der Waals surface area contributed by atoms with Crippen LogP contribution in [-0.2, 0) is 0 Å². The molecule has 0 aliphatic heterocycles. The molecular formula is C23H21N3O2S. The number of aromatic nitrogens is 2. The Morgan fingerprint density at radius 1 is 1.07 bits per heavy atom. The summed E-state index contributed by atoms with van der Waals surface area (Å²) in [6, 6.07) is 18.7. The van der Waals surface area contributed by atoms with E-state index in [0.717, 1.165) is 45.2 Å². The van der Waals surface area contributed by atoms with E-state index in [2.05, 4.69) is 22.2 Å². The molecule has 1 amide bonds. The molecule has 0 radical (unpaired) electrons. The largest absolute Gasteiger partial charge is 0.494 e. The van der Waals surface area contributed by atoms with Crippen LogP contribution in [0.5, 0.6) is 5.75 Å². The third-order valence-corrected chi connectivity index (χ3v) is 5.47. The number of anilines is 1. The molecular weight excluding hydrogens is 382 g/mol. The molecule has 1 N–H and O–H groups in total. The van der Waals surface area contributed by atoms with E-state index in [1.54, 1.807) is 29.7 Å². The van der Waals surface area contributed by atoms with Gasteiger partial charge in [-0.05, 0) is 67.1 Å². The van der Waals surface area contributed by atoms with E-state index in [0.29, 0.717) is 12.2 Å². The number of nitrogens with one attached hydrogen (secondary N) is 1. The number of carbonyl (C=O) groups excluding carboxylic acids is 1. The Morgan fingerprint density at radius 3 is 2.59 bits per heavy atom. The molecule has 5 nitrogen and oxygen atoms in total. The van der Waals surface area contributed by atoms with Gasteiger partial charge in [-0.15, -0.1) is 0 Å². The first kappa shape index (κ1) is 19.1. The second-order valence-corrected chi connectivity index (χ2v) is 7.58. The van der Waals surface area contributed by atoms with Gasteiger partial charge in [0, 0.05) is 23.0 Å². The van der Waals surface area contributed by atoms with Crippen LogP contribution in [0.4, 0.5) is 5.69 Å². The first-order chi connectivity index (χ1) is 14.2. The summed E-state index contributed by atoms with van der Waals surface area (Å²) in [7, 11) is 0. The zero-order valence-corrected chi connectivity index (χ0v) is 16.9. The molecule has 6 heteroatoms. The SMILES string of the molecule is CCCCOc1ccc(C(=O)Nc2ccc(-c3nc4cccnc4s3)cc2)cc1. The first-order valence-corrected chi connectivity index (χ1v) is 10.4. The number of hydrogen-bond donors (Lipinski definition) is 1. The van der Waals surface area contributed by atoms with Crippen LogP contribution < -0.4 is 10.1 Å². The van der Waals surface area contributed by atoms with Crippen molar-refractivity contribution in [1.29, 1.82) is 0 Å².